The molecule has 0 amide bonds. The number of carbonyl (C=O) groups is 2. The molecule has 260 valence electrons. The molecule has 4 aromatic carbocycles. The summed E-state index contributed by atoms with van der Waals surface area (Å²) in [6.45, 7) is 5.48. The summed E-state index contributed by atoms with van der Waals surface area (Å²) < 4.78 is 19.7. The van der Waals surface area contributed by atoms with E-state index in [9.17, 15) is 19.8 Å². The molecule has 8 nitrogen and oxygen atoms in total. The van der Waals surface area contributed by atoms with E-state index in [0.717, 1.165) is 22.3 Å². The third-order valence-corrected chi connectivity index (χ3v) is 9.56. The Kier molecular flexibility index (Phi) is 10.8. The lowest BCUT2D eigenvalue weighted by Crippen LogP contribution is -2.64. The lowest BCUT2D eigenvalue weighted by molar-refractivity contribution is -0.279. The summed E-state index contributed by atoms with van der Waals surface area (Å²) in [5, 5.41) is 26.5. The Morgan fingerprint density at radius 2 is 1.22 bits per heavy atom. The Morgan fingerprint density at radius 1 is 0.760 bits per heavy atom. The van der Waals surface area contributed by atoms with E-state index in [2.05, 4.69) is 5.32 Å². The first-order valence-electron chi connectivity index (χ1n) is 17.1. The second kappa shape index (κ2) is 15.2. The molecule has 8 heteroatoms. The van der Waals surface area contributed by atoms with Gasteiger partial charge in [0, 0.05) is 18.5 Å². The number of ketones is 2. The van der Waals surface area contributed by atoms with E-state index in [1.165, 1.54) is 0 Å². The molecule has 5 atom stereocenters. The minimum Gasteiger partial charge on any atom is -0.388 e. The smallest absolute Gasteiger partial charge is 0.181 e. The molecule has 6 rings (SSSR count). The number of carbonyl (C=O) groups excluding carboxylic acids is 2. The van der Waals surface area contributed by atoms with Gasteiger partial charge < -0.3 is 29.7 Å². The van der Waals surface area contributed by atoms with E-state index in [1.54, 1.807) is 6.92 Å². The van der Waals surface area contributed by atoms with Gasteiger partial charge in [0.1, 0.15) is 30.0 Å². The number of ether oxygens (including phenoxy) is 3. The maximum Gasteiger partial charge on any atom is 0.181 e. The number of hydrogen-bond acceptors (Lipinski definition) is 8. The average molecular weight is 676 g/mol. The molecule has 1 saturated heterocycles. The highest BCUT2D eigenvalue weighted by Crippen LogP contribution is 2.41. The van der Waals surface area contributed by atoms with Crippen molar-refractivity contribution < 1.29 is 34.0 Å². The second-order valence-electron chi connectivity index (χ2n) is 13.9. The predicted molar refractivity (Wildman–Crippen MR) is 190 cm³/mol. The van der Waals surface area contributed by atoms with E-state index in [-0.39, 0.29) is 43.2 Å². The number of hydrogen-bond donors (Lipinski definition) is 3. The van der Waals surface area contributed by atoms with E-state index in [1.807, 2.05) is 135 Å². The summed E-state index contributed by atoms with van der Waals surface area (Å²) in [5.74, 6) is -0.509. The van der Waals surface area contributed by atoms with Gasteiger partial charge >= 0.3 is 0 Å². The molecule has 2 fully saturated rings. The minimum absolute atomic E-state index is 0.0802. The maximum absolute atomic E-state index is 13.1. The van der Waals surface area contributed by atoms with Crippen molar-refractivity contribution in [2.45, 2.75) is 76.5 Å². The highest BCUT2D eigenvalue weighted by molar-refractivity contribution is 6.22. The Balaban J connectivity index is 1.32. The summed E-state index contributed by atoms with van der Waals surface area (Å²) in [7, 11) is 0. The van der Waals surface area contributed by atoms with Crippen LogP contribution in [0.2, 0.25) is 0 Å². The Bertz CT molecular complexity index is 1660. The number of aliphatic hydroxyl groups excluding tert-OH is 2. The van der Waals surface area contributed by atoms with Crippen LogP contribution in [-0.2, 0) is 36.0 Å². The molecule has 50 heavy (non-hydrogen) atoms. The largest absolute Gasteiger partial charge is 0.388 e. The van der Waals surface area contributed by atoms with Gasteiger partial charge in [-0.05, 0) is 34.6 Å². The first kappa shape index (κ1) is 35.4. The van der Waals surface area contributed by atoms with Gasteiger partial charge in [-0.1, -0.05) is 135 Å². The fourth-order valence-electron chi connectivity index (χ4n) is 7.10. The van der Waals surface area contributed by atoms with Crippen molar-refractivity contribution in [3.63, 3.8) is 0 Å². The van der Waals surface area contributed by atoms with Crippen LogP contribution in [-0.4, -0.2) is 59.0 Å². The summed E-state index contributed by atoms with van der Waals surface area (Å²) in [5.41, 5.74) is 2.42. The zero-order valence-corrected chi connectivity index (χ0v) is 28.7. The van der Waals surface area contributed by atoms with Crippen molar-refractivity contribution >= 4 is 11.6 Å². The third kappa shape index (κ3) is 7.50. The van der Waals surface area contributed by atoms with Crippen LogP contribution in [0.15, 0.2) is 133 Å². The minimum atomic E-state index is -1.40. The van der Waals surface area contributed by atoms with Crippen LogP contribution in [0, 0.1) is 5.41 Å². The molecular weight excluding hydrogens is 630 g/mol. The Labute approximate surface area is 293 Å². The molecule has 1 aliphatic heterocycles. The Morgan fingerprint density at radius 3 is 1.70 bits per heavy atom. The molecule has 0 bridgehead atoms. The zero-order valence-electron chi connectivity index (χ0n) is 28.7. The van der Waals surface area contributed by atoms with Crippen molar-refractivity contribution in [3.8, 4) is 0 Å². The maximum atomic E-state index is 13.1. The van der Waals surface area contributed by atoms with Gasteiger partial charge in [0.2, 0.25) is 0 Å². The van der Waals surface area contributed by atoms with Gasteiger partial charge in [-0.3, -0.25) is 9.59 Å². The SMILES string of the molecule is CC(N[C@@H]1[C@@H](OCc2ccccc2)O[C@H](COC(c2ccccc2)(c2ccccc2)c2ccccc2)[C@@H](O)[C@@H]1O)=C1C(=O)CC(C)(C)CC1=O. The van der Waals surface area contributed by atoms with Gasteiger partial charge in [0.25, 0.3) is 0 Å². The number of allylic oxidation sites excluding steroid dienone is 2. The van der Waals surface area contributed by atoms with Crippen molar-refractivity contribution in [3.05, 3.63) is 155 Å². The van der Waals surface area contributed by atoms with Gasteiger partial charge in [0.15, 0.2) is 17.9 Å². The number of Topliss-reactive ketones (excluding diaryl/α,β-unsaturated/α-hetero) is 2. The Hall–Kier alpha value is -4.44. The third-order valence-electron chi connectivity index (χ3n) is 9.56. The fourth-order valence-corrected chi connectivity index (χ4v) is 7.10. The fraction of sp³-hybridized carbons (Fsp3) is 0.333. The molecule has 0 radical (unpaired) electrons. The lowest BCUT2D eigenvalue weighted by Gasteiger charge is -2.45. The summed E-state index contributed by atoms with van der Waals surface area (Å²) in [6, 6.07) is 38.1. The van der Waals surface area contributed by atoms with Crippen LogP contribution in [0.3, 0.4) is 0 Å². The molecule has 0 aromatic heterocycles. The molecular formula is C42H45NO7. The van der Waals surface area contributed by atoms with Gasteiger partial charge in [0.05, 0.1) is 18.8 Å². The van der Waals surface area contributed by atoms with Crippen molar-refractivity contribution in [2.75, 3.05) is 6.61 Å². The molecule has 1 aliphatic carbocycles. The number of nitrogens with one attached hydrogen (secondary N) is 1. The predicted octanol–water partition coefficient (Wildman–Crippen LogP) is 5.85. The first-order chi connectivity index (χ1) is 24.1. The van der Waals surface area contributed by atoms with Gasteiger partial charge in [-0.15, -0.1) is 0 Å². The van der Waals surface area contributed by atoms with E-state index in [4.69, 9.17) is 14.2 Å². The highest BCUT2D eigenvalue weighted by Gasteiger charge is 2.48. The average Bonchev–Trinajstić information content (AvgIpc) is 3.12. The molecule has 4 aromatic rings. The topological polar surface area (TPSA) is 114 Å². The van der Waals surface area contributed by atoms with E-state index >= 15 is 0 Å². The highest BCUT2D eigenvalue weighted by atomic mass is 16.7. The van der Waals surface area contributed by atoms with Crippen LogP contribution < -0.4 is 5.32 Å². The van der Waals surface area contributed by atoms with Crippen LogP contribution >= 0.6 is 0 Å². The molecule has 0 unspecified atom stereocenters. The molecule has 1 saturated carbocycles. The van der Waals surface area contributed by atoms with Crippen LogP contribution in [0.4, 0.5) is 0 Å². The van der Waals surface area contributed by atoms with Crippen LogP contribution in [0.5, 0.6) is 0 Å². The van der Waals surface area contributed by atoms with E-state index < -0.39 is 41.7 Å². The molecule has 1 heterocycles. The molecule has 0 spiro atoms. The van der Waals surface area contributed by atoms with Crippen molar-refractivity contribution in [1.82, 2.24) is 5.32 Å². The van der Waals surface area contributed by atoms with Crippen molar-refractivity contribution in [1.29, 1.82) is 0 Å². The number of rotatable bonds is 11. The monoisotopic (exact) mass is 675 g/mol. The first-order valence-corrected chi connectivity index (χ1v) is 17.1. The van der Waals surface area contributed by atoms with Gasteiger partial charge in [-0.25, -0.2) is 0 Å². The summed E-state index contributed by atoms with van der Waals surface area (Å²) in [4.78, 5) is 26.2. The van der Waals surface area contributed by atoms with Gasteiger partial charge in [-0.2, -0.15) is 0 Å². The second-order valence-corrected chi connectivity index (χ2v) is 13.9. The van der Waals surface area contributed by atoms with Crippen LogP contribution in [0.1, 0.15) is 55.9 Å². The van der Waals surface area contributed by atoms with Crippen molar-refractivity contribution in [2.24, 2.45) is 5.41 Å². The zero-order chi connectivity index (χ0) is 35.3. The molecule has 3 N–H and O–H groups in total. The normalized spacial score (nSPS) is 23.8. The summed E-state index contributed by atoms with van der Waals surface area (Å²) in [6.07, 6.45) is -4.43. The van der Waals surface area contributed by atoms with E-state index in [0.29, 0.717) is 5.70 Å². The number of aliphatic hydroxyl groups is 2. The quantitative estimate of drug-likeness (QED) is 0.103. The number of benzene rings is 4. The lowest BCUT2D eigenvalue weighted by atomic mass is 9.73. The van der Waals surface area contributed by atoms with Crippen LogP contribution in [0.25, 0.3) is 0 Å². The summed E-state index contributed by atoms with van der Waals surface area (Å²) >= 11 is 0. The standard InChI is InChI=1S/C42H45NO7/c1-28(36-33(44)24-41(2,3)25-34(36)45)43-37-39(47)38(46)35(50-40(37)48-26-29-16-8-4-9-17-29)27-49-42(30-18-10-5-11-19-30,31-20-12-6-13-21-31)32-22-14-7-15-23-32/h4-23,35,37-40,43,46-47H,24-27H2,1-3H3/t35-,37+,38-,39-,40+/m1/s1. The molecule has 2 aliphatic rings.